The number of anilines is 1. The van der Waals surface area contributed by atoms with Crippen molar-refractivity contribution in [3.63, 3.8) is 0 Å². The van der Waals surface area contributed by atoms with E-state index >= 15 is 0 Å². The van der Waals surface area contributed by atoms with Gasteiger partial charge in [-0.2, -0.15) is 4.98 Å². The van der Waals surface area contributed by atoms with Crippen LogP contribution in [0.2, 0.25) is 0 Å². The number of aliphatic carboxylic acids is 1. The minimum absolute atomic E-state index is 0.0266. The molecule has 1 aliphatic heterocycles. The molecule has 1 saturated heterocycles. The maximum Gasteiger partial charge on any atom is 0.325 e. The number of aliphatic hydroxyl groups excluding tert-OH is 3. The van der Waals surface area contributed by atoms with Gasteiger partial charge in [-0.3, -0.25) is 19.1 Å². The van der Waals surface area contributed by atoms with Crippen molar-refractivity contribution in [2.45, 2.75) is 37.5 Å². The number of aliphatic hydroxyl groups is 3. The lowest BCUT2D eigenvalue weighted by Gasteiger charge is -2.17. The van der Waals surface area contributed by atoms with Crippen molar-refractivity contribution in [1.82, 2.24) is 19.5 Å². The number of H-pyrrole nitrogens is 1. The minimum Gasteiger partial charge on any atom is -0.480 e. The highest BCUT2D eigenvalue weighted by atomic mass is 16.6. The van der Waals surface area contributed by atoms with Crippen molar-refractivity contribution in [2.75, 3.05) is 11.9 Å². The van der Waals surface area contributed by atoms with Gasteiger partial charge in [-0.15, -0.1) is 0 Å². The van der Waals surface area contributed by atoms with Gasteiger partial charge >= 0.3 is 5.97 Å². The van der Waals surface area contributed by atoms with E-state index in [0.29, 0.717) is 0 Å². The van der Waals surface area contributed by atoms with Crippen LogP contribution >= 0.6 is 0 Å². The van der Waals surface area contributed by atoms with Crippen molar-refractivity contribution in [2.24, 2.45) is 0 Å². The number of carboxylic acids is 1. The van der Waals surface area contributed by atoms with E-state index in [4.69, 9.17) is 14.9 Å². The molecule has 2 aromatic rings. The second-order valence-corrected chi connectivity index (χ2v) is 5.67. The normalized spacial score (nSPS) is 27.5. The van der Waals surface area contributed by atoms with Crippen LogP contribution in [0, 0.1) is 0 Å². The molecule has 3 heterocycles. The molecule has 0 amide bonds. The van der Waals surface area contributed by atoms with Crippen LogP contribution in [-0.2, 0) is 9.53 Å². The van der Waals surface area contributed by atoms with E-state index in [1.807, 2.05) is 0 Å². The Kier molecular flexibility index (Phi) is 4.43. The largest absolute Gasteiger partial charge is 0.480 e. The molecule has 0 aromatic carbocycles. The Hall–Kier alpha value is -2.54. The van der Waals surface area contributed by atoms with Gasteiger partial charge in [0, 0.05) is 0 Å². The summed E-state index contributed by atoms with van der Waals surface area (Å²) in [4.78, 5) is 33.4. The van der Waals surface area contributed by atoms with Crippen molar-refractivity contribution >= 4 is 23.1 Å². The van der Waals surface area contributed by atoms with Gasteiger partial charge in [0.05, 0.1) is 12.9 Å². The molecule has 12 heteroatoms. The second kappa shape index (κ2) is 6.40. The van der Waals surface area contributed by atoms with Crippen LogP contribution in [0.15, 0.2) is 11.1 Å². The highest BCUT2D eigenvalue weighted by Gasteiger charge is 2.44. The van der Waals surface area contributed by atoms with E-state index in [1.54, 1.807) is 0 Å². The standard InChI is InChI=1S/C13H17N5O7/c1-4(12(23)24)15-13-16-9-6(10(22)17-13)14-3-18(9)11-8(21)7(20)5(2-19)25-11/h3-5,7-8,11,19-21H,2H2,1H3,(H,23,24)(H2,15,16,17,22)/t4?,5-,7-,8-,11?/m1/s1. The van der Waals surface area contributed by atoms with Gasteiger partial charge in [0.2, 0.25) is 5.95 Å². The van der Waals surface area contributed by atoms with E-state index in [2.05, 4.69) is 20.3 Å². The lowest BCUT2D eigenvalue weighted by Crippen LogP contribution is -2.33. The zero-order valence-corrected chi connectivity index (χ0v) is 13.0. The molecule has 25 heavy (non-hydrogen) atoms. The summed E-state index contributed by atoms with van der Waals surface area (Å²) in [6.07, 6.45) is -3.60. The first-order chi connectivity index (χ1) is 11.8. The molecule has 6 N–H and O–H groups in total. The number of ether oxygens (including phenoxy) is 1. The Morgan fingerprint density at radius 2 is 2.20 bits per heavy atom. The number of aromatic amines is 1. The number of imidazole rings is 1. The van der Waals surface area contributed by atoms with Crippen LogP contribution in [0.25, 0.3) is 11.2 Å². The van der Waals surface area contributed by atoms with Gasteiger partial charge in [0.15, 0.2) is 17.4 Å². The average molecular weight is 355 g/mol. The average Bonchev–Trinajstić information content (AvgIpc) is 3.10. The number of hydrogen-bond acceptors (Lipinski definition) is 9. The molecule has 0 bridgehead atoms. The third-order valence-corrected chi connectivity index (χ3v) is 3.95. The minimum atomic E-state index is -1.37. The smallest absolute Gasteiger partial charge is 0.325 e. The van der Waals surface area contributed by atoms with Crippen LogP contribution in [0.3, 0.4) is 0 Å². The number of carboxylic acid groups (broad SMARTS) is 1. The lowest BCUT2D eigenvalue weighted by atomic mass is 10.1. The molecule has 1 fully saturated rings. The van der Waals surface area contributed by atoms with Crippen LogP contribution in [0.5, 0.6) is 0 Å². The third kappa shape index (κ3) is 2.95. The second-order valence-electron chi connectivity index (χ2n) is 5.67. The van der Waals surface area contributed by atoms with Gasteiger partial charge in [-0.1, -0.05) is 0 Å². The molecule has 12 nitrogen and oxygen atoms in total. The Morgan fingerprint density at radius 1 is 1.48 bits per heavy atom. The van der Waals surface area contributed by atoms with Gasteiger partial charge < -0.3 is 30.5 Å². The summed E-state index contributed by atoms with van der Waals surface area (Å²) in [5, 5.41) is 40.6. The Balaban J connectivity index is 2.01. The quantitative estimate of drug-likeness (QED) is 0.338. The van der Waals surface area contributed by atoms with Crippen LogP contribution in [0.4, 0.5) is 5.95 Å². The first-order valence-corrected chi connectivity index (χ1v) is 7.42. The molecule has 0 radical (unpaired) electrons. The topological polar surface area (TPSA) is 183 Å². The van der Waals surface area contributed by atoms with E-state index in [-0.39, 0.29) is 17.1 Å². The summed E-state index contributed by atoms with van der Waals surface area (Å²) >= 11 is 0. The fraction of sp³-hybridized carbons (Fsp3) is 0.538. The lowest BCUT2D eigenvalue weighted by molar-refractivity contribution is -0.137. The molecule has 136 valence electrons. The summed E-state index contributed by atoms with van der Waals surface area (Å²) < 4.78 is 6.63. The van der Waals surface area contributed by atoms with Crippen molar-refractivity contribution in [3.8, 4) is 0 Å². The fourth-order valence-corrected chi connectivity index (χ4v) is 2.56. The molecule has 0 spiro atoms. The number of rotatable bonds is 5. The molecule has 0 saturated carbocycles. The number of nitrogens with zero attached hydrogens (tertiary/aromatic N) is 3. The SMILES string of the molecule is CC(Nc1nc2c(ncn2C2O[C@H](CO)[C@@H](O)[C@H]2O)c(=O)[nH]1)C(=O)O. The van der Waals surface area contributed by atoms with Crippen molar-refractivity contribution in [3.05, 3.63) is 16.7 Å². The Morgan fingerprint density at radius 3 is 2.80 bits per heavy atom. The zero-order valence-electron chi connectivity index (χ0n) is 13.0. The third-order valence-electron chi connectivity index (χ3n) is 3.95. The number of aromatic nitrogens is 4. The van der Waals surface area contributed by atoms with Crippen LogP contribution in [0.1, 0.15) is 13.2 Å². The summed E-state index contributed by atoms with van der Waals surface area (Å²) in [6, 6.07) is -1.01. The summed E-state index contributed by atoms with van der Waals surface area (Å²) in [5.41, 5.74) is -0.638. The first-order valence-electron chi connectivity index (χ1n) is 7.42. The number of hydrogen-bond donors (Lipinski definition) is 6. The maximum atomic E-state index is 12.1. The van der Waals surface area contributed by atoms with Crippen molar-refractivity contribution < 1.29 is 30.0 Å². The monoisotopic (exact) mass is 355 g/mol. The van der Waals surface area contributed by atoms with Gasteiger partial charge in [-0.05, 0) is 6.92 Å². The summed E-state index contributed by atoms with van der Waals surface area (Å²) in [7, 11) is 0. The highest BCUT2D eigenvalue weighted by Crippen LogP contribution is 2.30. The zero-order chi connectivity index (χ0) is 18.3. The molecule has 2 unspecified atom stereocenters. The number of nitrogens with one attached hydrogen (secondary N) is 2. The van der Waals surface area contributed by atoms with Gasteiger partial charge in [0.1, 0.15) is 24.4 Å². The van der Waals surface area contributed by atoms with Crippen LogP contribution in [-0.4, -0.2) is 76.9 Å². The van der Waals surface area contributed by atoms with Crippen LogP contribution < -0.4 is 10.9 Å². The van der Waals surface area contributed by atoms with E-state index in [1.165, 1.54) is 17.8 Å². The molecular weight excluding hydrogens is 338 g/mol. The van der Waals surface area contributed by atoms with Gasteiger partial charge in [0.25, 0.3) is 5.56 Å². The molecule has 3 rings (SSSR count). The first kappa shape index (κ1) is 17.3. The predicted octanol–water partition coefficient (Wildman–Crippen LogP) is -2.38. The number of carbonyl (C=O) groups is 1. The Labute approximate surface area is 139 Å². The molecule has 5 atom stereocenters. The van der Waals surface area contributed by atoms with E-state index < -0.39 is 48.7 Å². The highest BCUT2D eigenvalue weighted by molar-refractivity contribution is 5.77. The predicted molar refractivity (Wildman–Crippen MR) is 81.9 cm³/mol. The number of fused-ring (bicyclic) bond motifs is 1. The summed E-state index contributed by atoms with van der Waals surface area (Å²) in [5.74, 6) is -1.24. The molecular formula is C13H17N5O7. The van der Waals surface area contributed by atoms with E-state index in [0.717, 1.165) is 0 Å². The summed E-state index contributed by atoms with van der Waals surface area (Å²) in [6.45, 7) is 0.869. The van der Waals surface area contributed by atoms with E-state index in [9.17, 15) is 19.8 Å². The molecule has 1 aliphatic rings. The maximum absolute atomic E-state index is 12.1. The Bertz CT molecular complexity index is 849. The van der Waals surface area contributed by atoms with Crippen molar-refractivity contribution in [1.29, 1.82) is 0 Å². The fourth-order valence-electron chi connectivity index (χ4n) is 2.56. The van der Waals surface area contributed by atoms with Gasteiger partial charge in [-0.25, -0.2) is 4.98 Å². The molecule has 0 aliphatic carbocycles. The molecule has 2 aromatic heterocycles.